The topological polar surface area (TPSA) is 139 Å². The predicted molar refractivity (Wildman–Crippen MR) is 67.6 cm³/mol. The standard InChI is InChI=1S/C11H9N7O2/c12-9-11(16-20-15-9)18-8(6-4-2-1-3-5-6)7(10(13)19)14-17-18/h1-5H,(H2,12,15)(H2,13,19). The van der Waals surface area contributed by atoms with E-state index in [1.165, 1.54) is 4.68 Å². The first-order valence-corrected chi connectivity index (χ1v) is 5.58. The summed E-state index contributed by atoms with van der Waals surface area (Å²) in [7, 11) is 0. The fourth-order valence-electron chi connectivity index (χ4n) is 1.79. The number of rotatable bonds is 3. The number of nitrogen functional groups attached to an aromatic ring is 1. The monoisotopic (exact) mass is 271 g/mol. The number of primary amides is 1. The first-order valence-electron chi connectivity index (χ1n) is 5.58. The van der Waals surface area contributed by atoms with Crippen molar-refractivity contribution in [2.45, 2.75) is 0 Å². The van der Waals surface area contributed by atoms with Gasteiger partial charge in [0.05, 0.1) is 0 Å². The summed E-state index contributed by atoms with van der Waals surface area (Å²) >= 11 is 0. The number of carbonyl (C=O) groups is 1. The van der Waals surface area contributed by atoms with Crippen LogP contribution in [0.5, 0.6) is 0 Å². The Hall–Kier alpha value is -3.23. The smallest absolute Gasteiger partial charge is 0.271 e. The number of carbonyl (C=O) groups excluding carboxylic acids is 1. The zero-order valence-electron chi connectivity index (χ0n) is 10.1. The molecule has 0 unspecified atom stereocenters. The molecule has 2 heterocycles. The van der Waals surface area contributed by atoms with Gasteiger partial charge in [-0.1, -0.05) is 35.5 Å². The van der Waals surface area contributed by atoms with Crippen LogP contribution in [0.1, 0.15) is 10.5 Å². The van der Waals surface area contributed by atoms with Crippen LogP contribution in [0, 0.1) is 0 Å². The van der Waals surface area contributed by atoms with Gasteiger partial charge < -0.3 is 11.5 Å². The Morgan fingerprint density at radius 1 is 1.20 bits per heavy atom. The average Bonchev–Trinajstić information content (AvgIpc) is 3.05. The molecule has 0 fully saturated rings. The molecule has 2 aromatic heterocycles. The van der Waals surface area contributed by atoms with Crippen LogP contribution in [0.4, 0.5) is 5.82 Å². The van der Waals surface area contributed by atoms with Gasteiger partial charge in [-0.25, -0.2) is 4.63 Å². The fourth-order valence-corrected chi connectivity index (χ4v) is 1.79. The summed E-state index contributed by atoms with van der Waals surface area (Å²) in [6.45, 7) is 0. The van der Waals surface area contributed by atoms with Crippen molar-refractivity contribution in [2.24, 2.45) is 5.73 Å². The molecular weight excluding hydrogens is 262 g/mol. The van der Waals surface area contributed by atoms with Crippen molar-refractivity contribution in [2.75, 3.05) is 5.73 Å². The normalized spacial score (nSPS) is 10.6. The molecular formula is C11H9N7O2. The summed E-state index contributed by atoms with van der Waals surface area (Å²) in [5.74, 6) is -0.530. The molecule has 3 rings (SSSR count). The summed E-state index contributed by atoms with van der Waals surface area (Å²) in [6, 6.07) is 9.02. The molecule has 9 nitrogen and oxygen atoms in total. The second-order valence-electron chi connectivity index (χ2n) is 3.90. The van der Waals surface area contributed by atoms with Gasteiger partial charge in [0.1, 0.15) is 5.69 Å². The maximum absolute atomic E-state index is 11.5. The third-order valence-corrected chi connectivity index (χ3v) is 2.65. The Morgan fingerprint density at radius 2 is 1.95 bits per heavy atom. The average molecular weight is 271 g/mol. The van der Waals surface area contributed by atoms with E-state index in [9.17, 15) is 4.79 Å². The second kappa shape index (κ2) is 4.46. The summed E-state index contributed by atoms with van der Waals surface area (Å²) in [5, 5.41) is 14.7. The van der Waals surface area contributed by atoms with E-state index in [1.807, 2.05) is 18.2 Å². The highest BCUT2D eigenvalue weighted by atomic mass is 16.6. The summed E-state index contributed by atoms with van der Waals surface area (Å²) < 4.78 is 5.80. The maximum Gasteiger partial charge on any atom is 0.271 e. The number of amides is 1. The molecule has 9 heteroatoms. The number of nitrogens with zero attached hydrogens (tertiary/aromatic N) is 5. The van der Waals surface area contributed by atoms with Gasteiger partial charge in [0.2, 0.25) is 11.6 Å². The van der Waals surface area contributed by atoms with Gasteiger partial charge in [0.15, 0.2) is 5.69 Å². The fraction of sp³-hybridized carbons (Fsp3) is 0. The van der Waals surface area contributed by atoms with Crippen molar-refractivity contribution in [1.82, 2.24) is 25.3 Å². The highest BCUT2D eigenvalue weighted by molar-refractivity contribution is 5.97. The number of nitrogens with two attached hydrogens (primary N) is 2. The molecule has 0 aliphatic carbocycles. The van der Waals surface area contributed by atoms with Gasteiger partial charge in [-0.15, -0.1) is 5.10 Å². The largest absolute Gasteiger partial charge is 0.378 e. The molecule has 0 radical (unpaired) electrons. The second-order valence-corrected chi connectivity index (χ2v) is 3.90. The molecule has 0 saturated carbocycles. The molecule has 3 aromatic rings. The molecule has 0 aliphatic rings. The van der Waals surface area contributed by atoms with Crippen LogP contribution < -0.4 is 11.5 Å². The van der Waals surface area contributed by atoms with E-state index in [-0.39, 0.29) is 17.3 Å². The van der Waals surface area contributed by atoms with E-state index in [4.69, 9.17) is 11.5 Å². The number of aromatic nitrogens is 5. The lowest BCUT2D eigenvalue weighted by molar-refractivity contribution is 0.0996. The molecule has 0 bridgehead atoms. The zero-order chi connectivity index (χ0) is 14.1. The van der Waals surface area contributed by atoms with Crippen molar-refractivity contribution >= 4 is 11.7 Å². The molecule has 20 heavy (non-hydrogen) atoms. The molecule has 1 aromatic carbocycles. The number of hydrogen-bond donors (Lipinski definition) is 2. The maximum atomic E-state index is 11.5. The Bertz CT molecular complexity index is 762. The van der Waals surface area contributed by atoms with Crippen molar-refractivity contribution in [3.63, 3.8) is 0 Å². The highest BCUT2D eigenvalue weighted by Gasteiger charge is 2.23. The Kier molecular flexibility index (Phi) is 2.64. The van der Waals surface area contributed by atoms with Crippen LogP contribution in [-0.2, 0) is 0 Å². The molecule has 1 amide bonds. The molecule has 0 saturated heterocycles. The molecule has 0 aliphatic heterocycles. The minimum atomic E-state index is -0.704. The summed E-state index contributed by atoms with van der Waals surface area (Å²) in [6.07, 6.45) is 0. The van der Waals surface area contributed by atoms with Crippen molar-refractivity contribution in [1.29, 1.82) is 0 Å². The zero-order valence-corrected chi connectivity index (χ0v) is 10.1. The van der Waals surface area contributed by atoms with E-state index in [0.29, 0.717) is 11.3 Å². The minimum Gasteiger partial charge on any atom is -0.378 e. The van der Waals surface area contributed by atoms with Crippen molar-refractivity contribution < 1.29 is 9.42 Å². The van der Waals surface area contributed by atoms with Crippen LogP contribution in [0.25, 0.3) is 17.1 Å². The molecule has 0 spiro atoms. The Morgan fingerprint density at radius 3 is 2.55 bits per heavy atom. The first kappa shape index (κ1) is 11.8. The van der Waals surface area contributed by atoms with Crippen LogP contribution in [0.2, 0.25) is 0 Å². The van der Waals surface area contributed by atoms with Crippen LogP contribution in [0.3, 0.4) is 0 Å². The third kappa shape index (κ3) is 1.77. The van der Waals surface area contributed by atoms with Gasteiger partial charge in [-0.2, -0.15) is 4.68 Å². The van der Waals surface area contributed by atoms with Crippen LogP contribution in [-0.4, -0.2) is 31.2 Å². The lowest BCUT2D eigenvalue weighted by Crippen LogP contribution is -2.13. The number of hydrogen-bond acceptors (Lipinski definition) is 7. The lowest BCUT2D eigenvalue weighted by atomic mass is 10.1. The number of benzene rings is 1. The highest BCUT2D eigenvalue weighted by Crippen LogP contribution is 2.25. The van der Waals surface area contributed by atoms with Crippen LogP contribution in [0.15, 0.2) is 35.0 Å². The summed E-state index contributed by atoms with van der Waals surface area (Å²) in [4.78, 5) is 11.5. The van der Waals surface area contributed by atoms with E-state index in [1.54, 1.807) is 12.1 Å². The molecule has 100 valence electrons. The predicted octanol–water partition coefficient (Wildman–Crippen LogP) is -0.00160. The first-order chi connectivity index (χ1) is 9.68. The van der Waals surface area contributed by atoms with E-state index in [0.717, 1.165) is 0 Å². The van der Waals surface area contributed by atoms with Gasteiger partial charge in [-0.3, -0.25) is 4.79 Å². The third-order valence-electron chi connectivity index (χ3n) is 2.65. The summed E-state index contributed by atoms with van der Waals surface area (Å²) in [5.41, 5.74) is 12.0. The van der Waals surface area contributed by atoms with Gasteiger partial charge in [-0.05, 0) is 10.3 Å². The van der Waals surface area contributed by atoms with Crippen molar-refractivity contribution in [3.05, 3.63) is 36.0 Å². The van der Waals surface area contributed by atoms with Crippen molar-refractivity contribution in [3.8, 4) is 17.1 Å². The lowest BCUT2D eigenvalue weighted by Gasteiger charge is -2.04. The number of anilines is 1. The SMILES string of the molecule is NC(=O)c1nnn(-c2nonc2N)c1-c1ccccc1. The van der Waals surface area contributed by atoms with E-state index < -0.39 is 5.91 Å². The van der Waals surface area contributed by atoms with Gasteiger partial charge >= 0.3 is 0 Å². The molecule has 0 atom stereocenters. The minimum absolute atomic E-state index is 0.0126. The van der Waals surface area contributed by atoms with E-state index in [2.05, 4.69) is 25.3 Å². The Balaban J connectivity index is 2.27. The van der Waals surface area contributed by atoms with Gasteiger partial charge in [0.25, 0.3) is 5.91 Å². The van der Waals surface area contributed by atoms with Gasteiger partial charge in [0, 0.05) is 5.56 Å². The van der Waals surface area contributed by atoms with Crippen LogP contribution >= 0.6 is 0 Å². The quantitative estimate of drug-likeness (QED) is 0.683. The van der Waals surface area contributed by atoms with E-state index >= 15 is 0 Å². The Labute approximate surface area is 112 Å². The molecule has 4 N–H and O–H groups in total.